The van der Waals surface area contributed by atoms with Crippen molar-refractivity contribution in [3.63, 3.8) is 0 Å². The van der Waals surface area contributed by atoms with Crippen LogP contribution in [0.25, 0.3) is 0 Å². The molecule has 21 heavy (non-hydrogen) atoms. The molecule has 0 atom stereocenters. The van der Waals surface area contributed by atoms with Crippen LogP contribution in [0.5, 0.6) is 0 Å². The van der Waals surface area contributed by atoms with Gasteiger partial charge in [-0.15, -0.1) is 0 Å². The molecule has 0 unspecified atom stereocenters. The molecule has 0 aromatic heterocycles. The molecule has 0 aliphatic carbocycles. The van der Waals surface area contributed by atoms with Gasteiger partial charge in [-0.3, -0.25) is 4.79 Å². The minimum Gasteiger partial charge on any atom is -0.452 e. The molecule has 0 radical (unpaired) electrons. The van der Waals surface area contributed by atoms with Crippen LogP contribution in [-0.4, -0.2) is 24.0 Å². The molecule has 1 aromatic carbocycles. The van der Waals surface area contributed by atoms with Gasteiger partial charge in [0.15, 0.2) is 6.61 Å². The molecule has 116 valence electrons. The fourth-order valence-corrected chi connectivity index (χ4v) is 1.88. The van der Waals surface area contributed by atoms with Crippen molar-refractivity contribution in [3.05, 3.63) is 27.7 Å². The van der Waals surface area contributed by atoms with Crippen LogP contribution < -0.4 is 11.1 Å². The van der Waals surface area contributed by atoms with E-state index in [1.165, 1.54) is 12.1 Å². The number of carbonyl (C=O) groups excluding carboxylic acids is 2. The third-order valence-electron chi connectivity index (χ3n) is 2.97. The van der Waals surface area contributed by atoms with Crippen molar-refractivity contribution < 1.29 is 14.3 Å². The van der Waals surface area contributed by atoms with Crippen LogP contribution in [-0.2, 0) is 9.53 Å². The minimum atomic E-state index is -0.751. The topological polar surface area (TPSA) is 81.4 Å². The van der Waals surface area contributed by atoms with Gasteiger partial charge in [0.2, 0.25) is 0 Å². The largest absolute Gasteiger partial charge is 0.452 e. The SMILES string of the molecule is CCC(C)(C)NC(=O)COC(=O)c1cc(N)cc(Cl)c1Cl. The first-order valence-electron chi connectivity index (χ1n) is 6.39. The number of halogens is 2. The number of nitrogen functional groups attached to an aromatic ring is 1. The van der Waals surface area contributed by atoms with Crippen molar-refractivity contribution in [3.8, 4) is 0 Å². The highest BCUT2D eigenvalue weighted by Crippen LogP contribution is 2.29. The van der Waals surface area contributed by atoms with Crippen LogP contribution in [0.4, 0.5) is 5.69 Å². The summed E-state index contributed by atoms with van der Waals surface area (Å²) in [6, 6.07) is 2.78. The van der Waals surface area contributed by atoms with E-state index < -0.39 is 12.6 Å². The van der Waals surface area contributed by atoms with Crippen molar-refractivity contribution in [1.29, 1.82) is 0 Å². The zero-order valence-electron chi connectivity index (χ0n) is 12.1. The van der Waals surface area contributed by atoms with Gasteiger partial charge in [0, 0.05) is 11.2 Å². The highest BCUT2D eigenvalue weighted by Gasteiger charge is 2.20. The van der Waals surface area contributed by atoms with Crippen LogP contribution in [0.1, 0.15) is 37.6 Å². The number of nitrogens with one attached hydrogen (secondary N) is 1. The Morgan fingerprint density at radius 1 is 1.33 bits per heavy atom. The number of rotatable bonds is 5. The summed E-state index contributed by atoms with van der Waals surface area (Å²) < 4.78 is 4.92. The maximum absolute atomic E-state index is 11.9. The Kier molecular flexibility index (Phi) is 5.87. The van der Waals surface area contributed by atoms with Gasteiger partial charge in [-0.1, -0.05) is 30.1 Å². The molecule has 7 heteroatoms. The molecule has 0 aliphatic rings. The van der Waals surface area contributed by atoms with Crippen molar-refractivity contribution in [2.45, 2.75) is 32.7 Å². The van der Waals surface area contributed by atoms with Crippen molar-refractivity contribution in [2.24, 2.45) is 0 Å². The van der Waals surface area contributed by atoms with Gasteiger partial charge in [0.1, 0.15) is 0 Å². The molecule has 1 amide bonds. The molecule has 3 N–H and O–H groups in total. The van der Waals surface area contributed by atoms with Gasteiger partial charge >= 0.3 is 5.97 Å². The molecule has 0 heterocycles. The third kappa shape index (κ3) is 5.10. The smallest absolute Gasteiger partial charge is 0.340 e. The van der Waals surface area contributed by atoms with E-state index in [1.54, 1.807) is 0 Å². The lowest BCUT2D eigenvalue weighted by Gasteiger charge is -2.24. The normalized spacial score (nSPS) is 11.1. The van der Waals surface area contributed by atoms with E-state index in [9.17, 15) is 9.59 Å². The van der Waals surface area contributed by atoms with Crippen LogP contribution in [0, 0.1) is 0 Å². The van der Waals surface area contributed by atoms with Gasteiger partial charge < -0.3 is 15.8 Å². The lowest BCUT2D eigenvalue weighted by molar-refractivity contribution is -0.125. The molecule has 0 fully saturated rings. The van der Waals surface area contributed by atoms with Gasteiger partial charge in [-0.2, -0.15) is 0 Å². The number of amides is 1. The number of hydrogen-bond donors (Lipinski definition) is 2. The molecule has 0 bridgehead atoms. The van der Waals surface area contributed by atoms with Crippen LogP contribution in [0.3, 0.4) is 0 Å². The van der Waals surface area contributed by atoms with Gasteiger partial charge in [0.05, 0.1) is 15.6 Å². The number of carbonyl (C=O) groups is 2. The summed E-state index contributed by atoms with van der Waals surface area (Å²) >= 11 is 11.7. The van der Waals surface area contributed by atoms with E-state index in [4.69, 9.17) is 33.7 Å². The lowest BCUT2D eigenvalue weighted by Crippen LogP contribution is -2.44. The second kappa shape index (κ2) is 7.00. The second-order valence-electron chi connectivity index (χ2n) is 5.23. The Balaban J connectivity index is 2.69. The van der Waals surface area contributed by atoms with Crippen molar-refractivity contribution in [1.82, 2.24) is 5.32 Å². The number of benzene rings is 1. The third-order valence-corrected chi connectivity index (χ3v) is 3.77. The molecule has 0 saturated heterocycles. The Hall–Kier alpha value is -1.46. The Morgan fingerprint density at radius 3 is 2.52 bits per heavy atom. The summed E-state index contributed by atoms with van der Waals surface area (Å²) in [6.45, 7) is 5.30. The zero-order chi connectivity index (χ0) is 16.2. The van der Waals surface area contributed by atoms with E-state index in [0.29, 0.717) is 0 Å². The molecule has 1 rings (SSSR count). The fourth-order valence-electron chi connectivity index (χ4n) is 1.47. The number of anilines is 1. The van der Waals surface area contributed by atoms with Crippen LogP contribution in [0.2, 0.25) is 10.0 Å². The van der Waals surface area contributed by atoms with Crippen LogP contribution >= 0.6 is 23.2 Å². The van der Waals surface area contributed by atoms with Crippen LogP contribution in [0.15, 0.2) is 12.1 Å². The number of nitrogens with two attached hydrogens (primary N) is 1. The average Bonchev–Trinajstić information content (AvgIpc) is 2.39. The van der Waals surface area contributed by atoms with Crippen molar-refractivity contribution >= 4 is 40.8 Å². The summed E-state index contributed by atoms with van der Waals surface area (Å²) in [5.74, 6) is -1.14. The molecule has 0 spiro atoms. The summed E-state index contributed by atoms with van der Waals surface area (Å²) in [6.07, 6.45) is 0.753. The molecular weight excluding hydrogens is 315 g/mol. The number of esters is 1. The van der Waals surface area contributed by atoms with Gasteiger partial charge in [-0.25, -0.2) is 4.79 Å². The maximum atomic E-state index is 11.9. The minimum absolute atomic E-state index is 0.0317. The highest BCUT2D eigenvalue weighted by molar-refractivity contribution is 6.44. The predicted octanol–water partition coefficient (Wildman–Crippen LogP) is 3.04. The van der Waals surface area contributed by atoms with E-state index in [-0.39, 0.29) is 32.7 Å². The first-order valence-corrected chi connectivity index (χ1v) is 7.14. The summed E-state index contributed by atoms with van der Waals surface area (Å²) in [5.41, 5.74) is 5.55. The number of ether oxygens (including phenoxy) is 1. The fraction of sp³-hybridized carbons (Fsp3) is 0.429. The molecule has 1 aromatic rings. The summed E-state index contributed by atoms with van der Waals surface area (Å²) in [7, 11) is 0. The monoisotopic (exact) mass is 332 g/mol. The van der Waals surface area contributed by atoms with E-state index >= 15 is 0 Å². The Labute approximate surface area is 133 Å². The summed E-state index contributed by atoms with van der Waals surface area (Å²) in [5, 5.41) is 2.95. The van der Waals surface area contributed by atoms with Gasteiger partial charge in [-0.05, 0) is 32.4 Å². The molecular formula is C14H18Cl2N2O3. The van der Waals surface area contributed by atoms with Gasteiger partial charge in [0.25, 0.3) is 5.91 Å². The van der Waals surface area contributed by atoms with E-state index in [2.05, 4.69) is 5.32 Å². The Bertz CT molecular complexity index is 559. The number of hydrogen-bond acceptors (Lipinski definition) is 4. The van der Waals surface area contributed by atoms with Crippen molar-refractivity contribution in [2.75, 3.05) is 12.3 Å². The molecule has 5 nitrogen and oxygen atoms in total. The Morgan fingerprint density at radius 2 is 1.95 bits per heavy atom. The molecule has 0 saturated carbocycles. The first-order chi connectivity index (χ1) is 9.66. The zero-order valence-corrected chi connectivity index (χ0v) is 13.6. The standard InChI is InChI=1S/C14H18Cl2N2O3/c1-4-14(2,3)18-11(19)7-21-13(20)9-5-8(17)6-10(15)12(9)16/h5-6H,4,7,17H2,1-3H3,(H,18,19). The summed E-state index contributed by atoms with van der Waals surface area (Å²) in [4.78, 5) is 23.6. The quantitative estimate of drug-likeness (QED) is 0.641. The van der Waals surface area contributed by atoms with E-state index in [0.717, 1.165) is 6.42 Å². The second-order valence-corrected chi connectivity index (χ2v) is 6.01. The predicted molar refractivity (Wildman–Crippen MR) is 83.7 cm³/mol. The highest BCUT2D eigenvalue weighted by atomic mass is 35.5. The maximum Gasteiger partial charge on any atom is 0.340 e. The lowest BCUT2D eigenvalue weighted by atomic mass is 10.0. The van der Waals surface area contributed by atoms with E-state index in [1.807, 2.05) is 20.8 Å². The average molecular weight is 333 g/mol. The molecule has 0 aliphatic heterocycles. The first kappa shape index (κ1) is 17.6.